The van der Waals surface area contributed by atoms with E-state index in [2.05, 4.69) is 4.72 Å². The van der Waals surface area contributed by atoms with Crippen molar-refractivity contribution < 1.29 is 27.9 Å². The summed E-state index contributed by atoms with van der Waals surface area (Å²) in [5.41, 5.74) is 2.24. The molecule has 0 aliphatic carbocycles. The summed E-state index contributed by atoms with van der Waals surface area (Å²) in [5, 5.41) is 9.85. The SMILES string of the molecule is CNS(=O)(=O)c1cccc(-c2ccc3c(c2)N(C(=O)O)C[C@H](C)N3C(=O)CC2CCOCC2)c1. The standard InChI is InChI=1S/C24H29N3O6S/c1-16-15-26(24(29)30)22-14-19(18-4-3-5-20(13-18)34(31,32)25-2)6-7-21(22)27(16)23(28)12-17-8-10-33-11-9-17/h3-7,13-14,16-17,25H,8-12,15H2,1-2H3,(H,29,30)/t16-/m0/s1. The van der Waals surface area contributed by atoms with E-state index in [1.165, 1.54) is 24.1 Å². The van der Waals surface area contributed by atoms with Crippen molar-refractivity contribution in [3.63, 3.8) is 0 Å². The van der Waals surface area contributed by atoms with Crippen LogP contribution in [-0.2, 0) is 19.6 Å². The van der Waals surface area contributed by atoms with Crippen molar-refractivity contribution in [3.8, 4) is 11.1 Å². The largest absolute Gasteiger partial charge is 0.465 e. The van der Waals surface area contributed by atoms with Crippen molar-refractivity contribution in [3.05, 3.63) is 42.5 Å². The Morgan fingerprint density at radius 1 is 1.09 bits per heavy atom. The van der Waals surface area contributed by atoms with E-state index in [1.807, 2.05) is 6.92 Å². The van der Waals surface area contributed by atoms with Gasteiger partial charge < -0.3 is 14.7 Å². The predicted octanol–water partition coefficient (Wildman–Crippen LogP) is 3.30. The number of nitrogens with one attached hydrogen (secondary N) is 1. The van der Waals surface area contributed by atoms with Crippen LogP contribution in [0, 0.1) is 5.92 Å². The molecule has 34 heavy (non-hydrogen) atoms. The van der Waals surface area contributed by atoms with Crippen LogP contribution in [0.5, 0.6) is 0 Å². The molecule has 2 aliphatic rings. The zero-order chi connectivity index (χ0) is 24.5. The Hall–Kier alpha value is -2.95. The Morgan fingerprint density at radius 2 is 1.79 bits per heavy atom. The fourth-order valence-corrected chi connectivity index (χ4v) is 5.40. The molecule has 1 fully saturated rings. The van der Waals surface area contributed by atoms with Crippen molar-refractivity contribution >= 4 is 33.4 Å². The van der Waals surface area contributed by atoms with Crippen molar-refractivity contribution in [2.45, 2.75) is 37.1 Å². The molecule has 2 N–H and O–H groups in total. The van der Waals surface area contributed by atoms with Gasteiger partial charge in [-0.25, -0.2) is 17.9 Å². The van der Waals surface area contributed by atoms with E-state index >= 15 is 0 Å². The average Bonchev–Trinajstić information content (AvgIpc) is 2.83. The molecule has 2 amide bonds. The smallest absolute Gasteiger partial charge is 0.411 e. The van der Waals surface area contributed by atoms with Gasteiger partial charge in [-0.1, -0.05) is 18.2 Å². The monoisotopic (exact) mass is 487 g/mol. The Bertz CT molecular complexity index is 1190. The second kappa shape index (κ2) is 9.73. The lowest BCUT2D eigenvalue weighted by Gasteiger charge is -2.41. The topological polar surface area (TPSA) is 116 Å². The van der Waals surface area contributed by atoms with Gasteiger partial charge >= 0.3 is 6.09 Å². The van der Waals surface area contributed by atoms with Crippen LogP contribution in [0.15, 0.2) is 47.4 Å². The molecule has 10 heteroatoms. The van der Waals surface area contributed by atoms with Crippen molar-refractivity contribution in [2.75, 3.05) is 36.6 Å². The summed E-state index contributed by atoms with van der Waals surface area (Å²) in [6, 6.07) is 11.4. The zero-order valence-electron chi connectivity index (χ0n) is 19.2. The van der Waals surface area contributed by atoms with Gasteiger partial charge in [-0.05, 0) is 68.1 Å². The van der Waals surface area contributed by atoms with E-state index in [0.29, 0.717) is 42.1 Å². The average molecular weight is 488 g/mol. The molecule has 1 atom stereocenters. The molecule has 182 valence electrons. The van der Waals surface area contributed by atoms with Crippen molar-refractivity contribution in [1.82, 2.24) is 4.72 Å². The second-order valence-electron chi connectivity index (χ2n) is 8.70. The molecule has 1 saturated heterocycles. The number of benzene rings is 2. The summed E-state index contributed by atoms with van der Waals surface area (Å²) >= 11 is 0. The minimum Gasteiger partial charge on any atom is -0.465 e. The Balaban J connectivity index is 1.72. The van der Waals surface area contributed by atoms with Crippen LogP contribution in [0.4, 0.5) is 16.2 Å². The number of anilines is 2. The first-order valence-corrected chi connectivity index (χ1v) is 12.8. The first kappa shape index (κ1) is 24.2. The lowest BCUT2D eigenvalue weighted by molar-refractivity contribution is -0.120. The molecule has 2 aliphatic heterocycles. The van der Waals surface area contributed by atoms with Crippen LogP contribution in [0.1, 0.15) is 26.2 Å². The summed E-state index contributed by atoms with van der Waals surface area (Å²) in [7, 11) is -2.28. The molecule has 4 rings (SSSR count). The lowest BCUT2D eigenvalue weighted by Crippen LogP contribution is -2.52. The number of ether oxygens (including phenoxy) is 1. The number of sulfonamides is 1. The van der Waals surface area contributed by atoms with Gasteiger partial charge in [0.05, 0.1) is 22.3 Å². The van der Waals surface area contributed by atoms with Gasteiger partial charge in [0.2, 0.25) is 15.9 Å². The van der Waals surface area contributed by atoms with Gasteiger partial charge in [0.1, 0.15) is 0 Å². The highest BCUT2D eigenvalue weighted by molar-refractivity contribution is 7.89. The van der Waals surface area contributed by atoms with E-state index in [-0.39, 0.29) is 29.3 Å². The van der Waals surface area contributed by atoms with Gasteiger partial charge in [-0.2, -0.15) is 0 Å². The van der Waals surface area contributed by atoms with Crippen LogP contribution in [-0.4, -0.2) is 58.4 Å². The maximum atomic E-state index is 13.3. The molecular weight excluding hydrogens is 458 g/mol. The van der Waals surface area contributed by atoms with Crippen molar-refractivity contribution in [2.24, 2.45) is 5.92 Å². The summed E-state index contributed by atoms with van der Waals surface area (Å²) in [6.45, 7) is 3.31. The zero-order valence-corrected chi connectivity index (χ0v) is 20.0. The van der Waals surface area contributed by atoms with Gasteiger partial charge in [0, 0.05) is 26.2 Å². The molecule has 0 bridgehead atoms. The molecule has 2 heterocycles. The van der Waals surface area contributed by atoms with E-state index in [0.717, 1.165) is 12.8 Å². The highest BCUT2D eigenvalue weighted by Gasteiger charge is 2.36. The molecular formula is C24H29N3O6S. The molecule has 0 spiro atoms. The molecule has 0 saturated carbocycles. The maximum absolute atomic E-state index is 13.3. The maximum Gasteiger partial charge on any atom is 0.411 e. The van der Waals surface area contributed by atoms with Crippen LogP contribution in [0.3, 0.4) is 0 Å². The number of hydrogen-bond donors (Lipinski definition) is 2. The number of carbonyl (C=O) groups excluding carboxylic acids is 1. The number of fused-ring (bicyclic) bond motifs is 1. The second-order valence-corrected chi connectivity index (χ2v) is 10.6. The number of carboxylic acid groups (broad SMARTS) is 1. The van der Waals surface area contributed by atoms with Crippen LogP contribution in [0.25, 0.3) is 11.1 Å². The molecule has 2 aromatic carbocycles. The lowest BCUT2D eigenvalue weighted by atomic mass is 9.94. The van der Waals surface area contributed by atoms with Crippen LogP contribution in [0.2, 0.25) is 0 Å². The summed E-state index contributed by atoms with van der Waals surface area (Å²) in [4.78, 5) is 28.4. The van der Waals surface area contributed by atoms with Crippen LogP contribution < -0.4 is 14.5 Å². The fraction of sp³-hybridized carbons (Fsp3) is 0.417. The van der Waals surface area contributed by atoms with Gasteiger partial charge in [-0.15, -0.1) is 0 Å². The van der Waals surface area contributed by atoms with Gasteiger partial charge in [-0.3, -0.25) is 9.69 Å². The minimum atomic E-state index is -3.63. The first-order valence-electron chi connectivity index (χ1n) is 11.3. The Labute approximate surface area is 199 Å². The van der Waals surface area contributed by atoms with E-state index in [9.17, 15) is 23.1 Å². The van der Waals surface area contributed by atoms with E-state index < -0.39 is 16.1 Å². The van der Waals surface area contributed by atoms with Gasteiger partial charge in [0.25, 0.3) is 0 Å². The molecule has 0 unspecified atom stereocenters. The van der Waals surface area contributed by atoms with E-state index in [1.54, 1.807) is 35.2 Å². The predicted molar refractivity (Wildman–Crippen MR) is 129 cm³/mol. The Kier molecular flexibility index (Phi) is 6.92. The summed E-state index contributed by atoms with van der Waals surface area (Å²) in [6.07, 6.45) is 0.972. The van der Waals surface area contributed by atoms with Crippen LogP contribution >= 0.6 is 0 Å². The number of hydrogen-bond acceptors (Lipinski definition) is 5. The number of nitrogens with zero attached hydrogens (tertiary/aromatic N) is 2. The molecule has 9 nitrogen and oxygen atoms in total. The number of carbonyl (C=O) groups is 2. The number of amides is 2. The first-order chi connectivity index (χ1) is 16.2. The number of rotatable bonds is 5. The highest BCUT2D eigenvalue weighted by atomic mass is 32.2. The summed E-state index contributed by atoms with van der Waals surface area (Å²) in [5.74, 6) is 0.228. The third kappa shape index (κ3) is 4.79. The van der Waals surface area contributed by atoms with E-state index in [4.69, 9.17) is 4.74 Å². The molecule has 0 radical (unpaired) electrons. The molecule has 0 aromatic heterocycles. The quantitative estimate of drug-likeness (QED) is 0.669. The summed E-state index contributed by atoms with van der Waals surface area (Å²) < 4.78 is 32.2. The third-order valence-electron chi connectivity index (χ3n) is 6.46. The van der Waals surface area contributed by atoms with Crippen molar-refractivity contribution in [1.29, 1.82) is 0 Å². The highest BCUT2D eigenvalue weighted by Crippen LogP contribution is 2.40. The molecule has 2 aromatic rings. The third-order valence-corrected chi connectivity index (χ3v) is 7.88. The Morgan fingerprint density at radius 3 is 2.47 bits per heavy atom. The normalized spacial score (nSPS) is 19.1. The minimum absolute atomic E-state index is 0.0273. The fourth-order valence-electron chi connectivity index (χ4n) is 4.62. The van der Waals surface area contributed by atoms with Gasteiger partial charge in [0.15, 0.2) is 0 Å².